The van der Waals surface area contributed by atoms with Gasteiger partial charge in [0.05, 0.1) is 11.7 Å². The highest BCUT2D eigenvalue weighted by atomic mass is 16.2. The van der Waals surface area contributed by atoms with Crippen LogP contribution in [0.3, 0.4) is 0 Å². The number of hydrogen-bond donors (Lipinski definition) is 2. The summed E-state index contributed by atoms with van der Waals surface area (Å²) in [6.45, 7) is 5.65. The van der Waals surface area contributed by atoms with Crippen molar-refractivity contribution in [3.05, 3.63) is 46.1 Å². The van der Waals surface area contributed by atoms with E-state index in [1.807, 2.05) is 17.9 Å². The number of rotatable bonds is 3. The van der Waals surface area contributed by atoms with Gasteiger partial charge in [-0.2, -0.15) is 0 Å². The highest BCUT2D eigenvalue weighted by Gasteiger charge is 2.47. The number of pyridine rings is 1. The lowest BCUT2D eigenvalue weighted by Crippen LogP contribution is -2.51. The van der Waals surface area contributed by atoms with Gasteiger partial charge in [-0.25, -0.2) is 9.97 Å². The Morgan fingerprint density at radius 1 is 1.38 bits per heavy atom. The molecule has 0 aromatic carbocycles. The van der Waals surface area contributed by atoms with Crippen LogP contribution in [-0.4, -0.2) is 26.9 Å². The minimum atomic E-state index is -0.204. The van der Waals surface area contributed by atoms with Gasteiger partial charge in [-0.05, 0) is 31.7 Å². The maximum Gasteiger partial charge on any atom is 0.250 e. The summed E-state index contributed by atoms with van der Waals surface area (Å²) in [6.07, 6.45) is 5.67. The molecule has 2 aromatic heterocycles. The molecule has 0 radical (unpaired) electrons. The zero-order chi connectivity index (χ0) is 18.4. The summed E-state index contributed by atoms with van der Waals surface area (Å²) < 4.78 is 0. The molecule has 3 heterocycles. The number of aryl methyl sites for hydroxylation is 1. The lowest BCUT2D eigenvalue weighted by molar-refractivity contribution is -0.117. The van der Waals surface area contributed by atoms with Crippen LogP contribution < -0.4 is 15.8 Å². The van der Waals surface area contributed by atoms with Crippen molar-refractivity contribution in [1.82, 2.24) is 15.0 Å². The monoisotopic (exact) mass is 353 g/mol. The van der Waals surface area contributed by atoms with E-state index in [0.29, 0.717) is 17.6 Å². The molecular weight excluding hydrogens is 330 g/mol. The largest absolute Gasteiger partial charge is 0.347 e. The number of amides is 1. The van der Waals surface area contributed by atoms with E-state index < -0.39 is 0 Å². The summed E-state index contributed by atoms with van der Waals surface area (Å²) in [7, 11) is 0. The van der Waals surface area contributed by atoms with E-state index in [1.54, 1.807) is 19.3 Å². The number of carbonyl (C=O) groups excluding carboxylic acids is 1. The van der Waals surface area contributed by atoms with Crippen LogP contribution in [0.4, 0.5) is 11.6 Å². The Kier molecular flexibility index (Phi) is 4.01. The van der Waals surface area contributed by atoms with E-state index >= 15 is 0 Å². The van der Waals surface area contributed by atoms with E-state index in [4.69, 9.17) is 0 Å². The highest BCUT2D eigenvalue weighted by molar-refractivity contribution is 5.94. The SMILES string of the molecule is CC(=O)N1c2cc(=O)[nH]cc2C(Nc2nccc(C)n2)[C@@H](C)C1C1CC1. The maximum absolute atomic E-state index is 12.4. The maximum atomic E-state index is 12.4. The van der Waals surface area contributed by atoms with Crippen LogP contribution in [-0.2, 0) is 4.79 Å². The normalized spacial score (nSPS) is 24.9. The second-order valence-electron chi connectivity index (χ2n) is 7.36. The lowest BCUT2D eigenvalue weighted by atomic mass is 9.80. The topological polar surface area (TPSA) is 91.0 Å². The van der Waals surface area contributed by atoms with E-state index in [2.05, 4.69) is 27.2 Å². The molecule has 1 saturated carbocycles. The number of aromatic nitrogens is 3. The Morgan fingerprint density at radius 2 is 2.15 bits per heavy atom. The molecule has 136 valence electrons. The quantitative estimate of drug-likeness (QED) is 0.884. The van der Waals surface area contributed by atoms with Gasteiger partial charge in [0, 0.05) is 48.6 Å². The third-order valence-electron chi connectivity index (χ3n) is 5.41. The lowest BCUT2D eigenvalue weighted by Gasteiger charge is -2.45. The molecule has 1 fully saturated rings. The molecule has 2 N–H and O–H groups in total. The van der Waals surface area contributed by atoms with Crippen LogP contribution in [0.2, 0.25) is 0 Å². The number of H-pyrrole nitrogens is 1. The second kappa shape index (κ2) is 6.23. The number of hydrogen-bond acceptors (Lipinski definition) is 5. The minimum absolute atomic E-state index is 0.0224. The Bertz CT molecular complexity index is 905. The van der Waals surface area contributed by atoms with Crippen molar-refractivity contribution >= 4 is 17.5 Å². The molecule has 1 amide bonds. The molecule has 26 heavy (non-hydrogen) atoms. The predicted molar refractivity (Wildman–Crippen MR) is 99.0 cm³/mol. The first kappa shape index (κ1) is 16.8. The number of aromatic amines is 1. The molecule has 3 atom stereocenters. The second-order valence-corrected chi connectivity index (χ2v) is 7.36. The zero-order valence-electron chi connectivity index (χ0n) is 15.2. The fourth-order valence-electron chi connectivity index (χ4n) is 4.13. The van der Waals surface area contributed by atoms with E-state index in [1.165, 1.54) is 6.07 Å². The van der Waals surface area contributed by atoms with Crippen molar-refractivity contribution < 1.29 is 4.79 Å². The summed E-state index contributed by atoms with van der Waals surface area (Å²) in [5, 5.41) is 3.44. The highest BCUT2D eigenvalue weighted by Crippen LogP contribution is 2.49. The van der Waals surface area contributed by atoms with Gasteiger partial charge in [-0.15, -0.1) is 0 Å². The van der Waals surface area contributed by atoms with Gasteiger partial charge in [0.25, 0.3) is 0 Å². The standard InChI is InChI=1S/C19H23N5O2/c1-10-6-7-20-19(22-10)23-17-11(2)18(13-4-5-13)24(12(3)25)15-8-16(26)21-9-14(15)17/h6-9,11,13,17-18H,4-5H2,1-3H3,(H,21,26)(H,20,22,23)/t11-,17?,18?/m1/s1. The van der Waals surface area contributed by atoms with Crippen LogP contribution in [0, 0.1) is 18.8 Å². The van der Waals surface area contributed by atoms with Gasteiger partial charge in [0.2, 0.25) is 17.4 Å². The Labute approximate surface area is 151 Å². The Hall–Kier alpha value is -2.70. The third-order valence-corrected chi connectivity index (χ3v) is 5.41. The fourth-order valence-corrected chi connectivity index (χ4v) is 4.13. The van der Waals surface area contributed by atoms with Crippen LogP contribution in [0.1, 0.15) is 44.0 Å². The average Bonchev–Trinajstić information content (AvgIpc) is 3.41. The zero-order valence-corrected chi connectivity index (χ0v) is 15.2. The number of fused-ring (bicyclic) bond motifs is 1. The molecule has 2 aliphatic rings. The van der Waals surface area contributed by atoms with Gasteiger partial charge in [-0.1, -0.05) is 6.92 Å². The molecule has 4 rings (SSSR count). The van der Waals surface area contributed by atoms with Crippen LogP contribution in [0.5, 0.6) is 0 Å². The third kappa shape index (κ3) is 2.87. The van der Waals surface area contributed by atoms with Gasteiger partial charge < -0.3 is 15.2 Å². The van der Waals surface area contributed by atoms with E-state index in [0.717, 1.165) is 24.1 Å². The van der Waals surface area contributed by atoms with Crippen LogP contribution >= 0.6 is 0 Å². The van der Waals surface area contributed by atoms with Crippen molar-refractivity contribution in [2.75, 3.05) is 10.2 Å². The Balaban J connectivity index is 1.81. The van der Waals surface area contributed by atoms with E-state index in [-0.39, 0.29) is 29.5 Å². The summed E-state index contributed by atoms with van der Waals surface area (Å²) >= 11 is 0. The molecule has 1 aliphatic heterocycles. The predicted octanol–water partition coefficient (Wildman–Crippen LogP) is 2.41. The summed E-state index contributed by atoms with van der Waals surface area (Å²) in [5.74, 6) is 1.17. The molecule has 7 nitrogen and oxygen atoms in total. The number of nitrogens with one attached hydrogen (secondary N) is 2. The van der Waals surface area contributed by atoms with Crippen molar-refractivity contribution in [3.63, 3.8) is 0 Å². The van der Waals surface area contributed by atoms with Gasteiger partial charge >= 0.3 is 0 Å². The first-order valence-corrected chi connectivity index (χ1v) is 9.04. The summed E-state index contributed by atoms with van der Waals surface area (Å²) in [6, 6.07) is 3.38. The van der Waals surface area contributed by atoms with Gasteiger partial charge in [0.1, 0.15) is 0 Å². The van der Waals surface area contributed by atoms with Crippen molar-refractivity contribution in [1.29, 1.82) is 0 Å². The molecule has 7 heteroatoms. The van der Waals surface area contributed by atoms with Crippen LogP contribution in [0.25, 0.3) is 0 Å². The molecular formula is C19H23N5O2. The van der Waals surface area contributed by atoms with Gasteiger partial charge in [-0.3, -0.25) is 9.59 Å². The van der Waals surface area contributed by atoms with Crippen LogP contribution in [0.15, 0.2) is 29.3 Å². The van der Waals surface area contributed by atoms with E-state index in [9.17, 15) is 9.59 Å². The first-order valence-electron chi connectivity index (χ1n) is 9.04. The Morgan fingerprint density at radius 3 is 2.81 bits per heavy atom. The molecule has 0 bridgehead atoms. The van der Waals surface area contributed by atoms with Crippen molar-refractivity contribution in [2.24, 2.45) is 11.8 Å². The van der Waals surface area contributed by atoms with Crippen molar-refractivity contribution in [3.8, 4) is 0 Å². The average molecular weight is 353 g/mol. The number of carbonyl (C=O) groups is 1. The van der Waals surface area contributed by atoms with Gasteiger partial charge in [0.15, 0.2) is 0 Å². The number of nitrogens with zero attached hydrogens (tertiary/aromatic N) is 3. The molecule has 2 unspecified atom stereocenters. The molecule has 1 aliphatic carbocycles. The number of anilines is 2. The smallest absolute Gasteiger partial charge is 0.250 e. The first-order chi connectivity index (χ1) is 12.5. The molecule has 0 saturated heterocycles. The molecule has 0 spiro atoms. The van der Waals surface area contributed by atoms with Crippen molar-refractivity contribution in [2.45, 2.75) is 45.7 Å². The minimum Gasteiger partial charge on any atom is -0.347 e. The fraction of sp³-hybridized carbons (Fsp3) is 0.474. The summed E-state index contributed by atoms with van der Waals surface area (Å²) in [4.78, 5) is 37.7. The molecule has 2 aromatic rings. The summed E-state index contributed by atoms with van der Waals surface area (Å²) in [5.41, 5.74) is 2.28.